The number of carbonyl (C=O) groups is 1. The van der Waals surface area contributed by atoms with Gasteiger partial charge in [0.05, 0.1) is 24.3 Å². The molecule has 2 aromatic rings. The van der Waals surface area contributed by atoms with E-state index in [0.29, 0.717) is 24.2 Å². The molecule has 0 aromatic carbocycles. The maximum Gasteiger partial charge on any atom is 0.263 e. The van der Waals surface area contributed by atoms with Gasteiger partial charge in [0, 0.05) is 18.0 Å². The molecular weight excluding hydrogens is 382 g/mol. The van der Waals surface area contributed by atoms with Crippen LogP contribution in [0.2, 0.25) is 0 Å². The average molecular weight is 410 g/mol. The van der Waals surface area contributed by atoms with Gasteiger partial charge in [-0.3, -0.25) is 14.2 Å². The number of hydrogen-bond donors (Lipinski definition) is 1. The standard InChI is InChI=1S/C19H27N3O3S2/c1-11(2)12(3)20-15(23)10-26-19-21-17-16(13-6-5-7-14(13)27-17)18(24)22(19)8-9-25-4/h11-12H,5-10H2,1-4H3,(H,20,23)/t12-/m0/s1. The van der Waals surface area contributed by atoms with E-state index in [0.717, 1.165) is 29.5 Å². The van der Waals surface area contributed by atoms with Crippen LogP contribution in [-0.2, 0) is 28.9 Å². The summed E-state index contributed by atoms with van der Waals surface area (Å²) < 4.78 is 6.84. The smallest absolute Gasteiger partial charge is 0.263 e. The van der Waals surface area contributed by atoms with Gasteiger partial charge in [-0.25, -0.2) is 4.98 Å². The molecule has 2 aromatic heterocycles. The Bertz CT molecular complexity index is 888. The van der Waals surface area contributed by atoms with Crippen LogP contribution in [-0.4, -0.2) is 41.0 Å². The van der Waals surface area contributed by atoms with E-state index in [2.05, 4.69) is 19.2 Å². The Hall–Kier alpha value is -1.38. The molecule has 0 radical (unpaired) electrons. The first-order chi connectivity index (χ1) is 12.9. The average Bonchev–Trinajstić information content (AvgIpc) is 3.19. The SMILES string of the molecule is COCCn1c(SCC(=O)N[C@@H](C)C(C)C)nc2sc3c(c2c1=O)CCC3. The third-order valence-electron chi connectivity index (χ3n) is 5.03. The molecule has 0 fully saturated rings. The van der Waals surface area contributed by atoms with Gasteiger partial charge in [-0.1, -0.05) is 25.6 Å². The van der Waals surface area contributed by atoms with Crippen molar-refractivity contribution in [3.63, 3.8) is 0 Å². The molecular formula is C19H27N3O3S2. The molecule has 1 atom stereocenters. The van der Waals surface area contributed by atoms with Gasteiger partial charge in [0.15, 0.2) is 5.16 Å². The lowest BCUT2D eigenvalue weighted by molar-refractivity contribution is -0.119. The number of hydrogen-bond acceptors (Lipinski definition) is 6. The third kappa shape index (κ3) is 4.38. The normalized spacial score (nSPS) is 14.7. The van der Waals surface area contributed by atoms with Crippen molar-refractivity contribution in [2.75, 3.05) is 19.5 Å². The van der Waals surface area contributed by atoms with E-state index < -0.39 is 0 Å². The van der Waals surface area contributed by atoms with Gasteiger partial charge in [0.2, 0.25) is 5.91 Å². The fourth-order valence-electron chi connectivity index (χ4n) is 3.14. The number of fused-ring (bicyclic) bond motifs is 3. The fraction of sp³-hybridized carbons (Fsp3) is 0.632. The van der Waals surface area contributed by atoms with E-state index in [4.69, 9.17) is 9.72 Å². The Balaban J connectivity index is 1.87. The lowest BCUT2D eigenvalue weighted by Gasteiger charge is -2.17. The second kappa shape index (κ2) is 8.75. The Kier molecular flexibility index (Phi) is 6.60. The van der Waals surface area contributed by atoms with Crippen molar-refractivity contribution in [3.8, 4) is 0 Å². The first-order valence-electron chi connectivity index (χ1n) is 9.38. The number of methoxy groups -OCH3 is 1. The minimum atomic E-state index is -0.0393. The van der Waals surface area contributed by atoms with Crippen LogP contribution < -0.4 is 10.9 Å². The number of aromatic nitrogens is 2. The summed E-state index contributed by atoms with van der Waals surface area (Å²) >= 11 is 2.95. The molecule has 0 saturated carbocycles. The van der Waals surface area contributed by atoms with Crippen LogP contribution in [0, 0.1) is 5.92 Å². The molecule has 0 unspecified atom stereocenters. The van der Waals surface area contributed by atoms with Crippen molar-refractivity contribution in [2.24, 2.45) is 5.92 Å². The van der Waals surface area contributed by atoms with Crippen molar-refractivity contribution in [2.45, 2.75) is 57.8 Å². The van der Waals surface area contributed by atoms with E-state index in [1.165, 1.54) is 22.2 Å². The second-order valence-corrected chi connectivity index (χ2v) is 9.30. The summed E-state index contributed by atoms with van der Waals surface area (Å²) in [4.78, 5) is 32.2. The summed E-state index contributed by atoms with van der Waals surface area (Å²) in [6.07, 6.45) is 3.10. The van der Waals surface area contributed by atoms with E-state index in [-0.39, 0.29) is 23.3 Å². The quantitative estimate of drug-likeness (QED) is 0.536. The molecule has 0 saturated heterocycles. The molecule has 148 valence electrons. The van der Waals surface area contributed by atoms with Crippen LogP contribution >= 0.6 is 23.1 Å². The molecule has 6 nitrogen and oxygen atoms in total. The summed E-state index contributed by atoms with van der Waals surface area (Å²) in [5, 5.41) is 4.36. The van der Waals surface area contributed by atoms with Gasteiger partial charge in [0.1, 0.15) is 4.83 Å². The van der Waals surface area contributed by atoms with Gasteiger partial charge in [-0.2, -0.15) is 0 Å². The fourth-order valence-corrected chi connectivity index (χ4v) is 5.28. The zero-order chi connectivity index (χ0) is 19.6. The number of carbonyl (C=O) groups excluding carboxylic acids is 1. The van der Waals surface area contributed by atoms with E-state index in [9.17, 15) is 9.59 Å². The number of nitrogens with one attached hydrogen (secondary N) is 1. The number of amides is 1. The predicted octanol–water partition coefficient (Wildman–Crippen LogP) is 2.85. The monoisotopic (exact) mass is 409 g/mol. The predicted molar refractivity (Wildman–Crippen MR) is 111 cm³/mol. The van der Waals surface area contributed by atoms with Crippen LogP contribution in [0.1, 0.15) is 37.6 Å². The number of thiophene rings is 1. The molecule has 0 spiro atoms. The van der Waals surface area contributed by atoms with Crippen LogP contribution in [0.25, 0.3) is 10.2 Å². The molecule has 8 heteroatoms. The molecule has 0 bridgehead atoms. The number of rotatable bonds is 8. The largest absolute Gasteiger partial charge is 0.383 e. The van der Waals surface area contributed by atoms with Gasteiger partial charge < -0.3 is 10.1 Å². The molecule has 1 N–H and O–H groups in total. The molecule has 1 amide bonds. The first kappa shape index (κ1) is 20.4. The van der Waals surface area contributed by atoms with Crippen molar-refractivity contribution in [3.05, 3.63) is 20.8 Å². The highest BCUT2D eigenvalue weighted by Crippen LogP contribution is 2.35. The topological polar surface area (TPSA) is 73.2 Å². The van der Waals surface area contributed by atoms with E-state index in [1.807, 2.05) is 6.92 Å². The molecule has 27 heavy (non-hydrogen) atoms. The highest BCUT2D eigenvalue weighted by Gasteiger charge is 2.23. The molecule has 1 aliphatic rings. The lowest BCUT2D eigenvalue weighted by Crippen LogP contribution is -2.37. The maximum absolute atomic E-state index is 13.1. The lowest BCUT2D eigenvalue weighted by atomic mass is 10.1. The van der Waals surface area contributed by atoms with Crippen LogP contribution in [0.5, 0.6) is 0 Å². The first-order valence-corrected chi connectivity index (χ1v) is 11.2. The summed E-state index contributed by atoms with van der Waals surface area (Å²) in [5.74, 6) is 0.580. The van der Waals surface area contributed by atoms with Crippen molar-refractivity contribution < 1.29 is 9.53 Å². The Labute approximate surface area is 167 Å². The van der Waals surface area contributed by atoms with E-state index in [1.54, 1.807) is 23.0 Å². The van der Waals surface area contributed by atoms with Crippen LogP contribution in [0.15, 0.2) is 9.95 Å². The van der Waals surface area contributed by atoms with Crippen molar-refractivity contribution in [1.29, 1.82) is 0 Å². The number of nitrogens with zero attached hydrogens (tertiary/aromatic N) is 2. The zero-order valence-corrected chi connectivity index (χ0v) is 18.0. The number of thioether (sulfide) groups is 1. The number of aryl methyl sites for hydroxylation is 2. The molecule has 0 aliphatic heterocycles. The van der Waals surface area contributed by atoms with Crippen LogP contribution in [0.4, 0.5) is 0 Å². The number of ether oxygens (including phenoxy) is 1. The summed E-state index contributed by atoms with van der Waals surface area (Å²) in [6, 6.07) is 0.115. The highest BCUT2D eigenvalue weighted by molar-refractivity contribution is 7.99. The van der Waals surface area contributed by atoms with Gasteiger partial charge in [0.25, 0.3) is 5.56 Å². The van der Waals surface area contributed by atoms with Crippen molar-refractivity contribution in [1.82, 2.24) is 14.9 Å². The molecule has 1 aliphatic carbocycles. The Morgan fingerprint density at radius 1 is 1.37 bits per heavy atom. The van der Waals surface area contributed by atoms with Crippen LogP contribution in [0.3, 0.4) is 0 Å². The molecule has 2 heterocycles. The Morgan fingerprint density at radius 2 is 2.15 bits per heavy atom. The highest BCUT2D eigenvalue weighted by atomic mass is 32.2. The molecule has 3 rings (SSSR count). The van der Waals surface area contributed by atoms with Gasteiger partial charge in [-0.15, -0.1) is 11.3 Å². The maximum atomic E-state index is 13.1. The van der Waals surface area contributed by atoms with Gasteiger partial charge in [-0.05, 0) is 37.7 Å². The Morgan fingerprint density at radius 3 is 2.85 bits per heavy atom. The summed E-state index contributed by atoms with van der Waals surface area (Å²) in [7, 11) is 1.62. The van der Waals surface area contributed by atoms with Gasteiger partial charge >= 0.3 is 0 Å². The zero-order valence-electron chi connectivity index (χ0n) is 16.3. The minimum absolute atomic E-state index is 0.00472. The second-order valence-electron chi connectivity index (χ2n) is 7.27. The van der Waals surface area contributed by atoms with Crippen molar-refractivity contribution >= 4 is 39.2 Å². The van der Waals surface area contributed by atoms with E-state index >= 15 is 0 Å². The summed E-state index contributed by atoms with van der Waals surface area (Å²) in [6.45, 7) is 7.02. The summed E-state index contributed by atoms with van der Waals surface area (Å²) in [5.41, 5.74) is 1.17. The minimum Gasteiger partial charge on any atom is -0.383 e. The third-order valence-corrected chi connectivity index (χ3v) is 7.19.